The Morgan fingerprint density at radius 2 is 1.15 bits per heavy atom. The summed E-state index contributed by atoms with van der Waals surface area (Å²) in [5.41, 5.74) is 0.471. The van der Waals surface area contributed by atoms with Crippen molar-refractivity contribution in [3.05, 3.63) is 50.1 Å². The van der Waals surface area contributed by atoms with Crippen LogP contribution in [0.1, 0.15) is 77.6 Å². The summed E-state index contributed by atoms with van der Waals surface area (Å²) in [5, 5.41) is 0. The molecular formula is C39H56O13. The Balaban J connectivity index is 0.000000155. The minimum absolute atomic E-state index is 0.0490. The molecule has 0 aromatic rings. The standard InChI is InChI=1S/C10H16O4.2C10H14O3.C9H12O3/c1-2-10(11)13-6-4-3-5-12-7-9-8-14-9;1-6(2)10(11)12-7-3-4-8-9(5-7)13-8;1-2-10(11)12-6-7-3-4-8-9(5-7)13-8;1-2-9(10)11-6-3-4-7-8(5-6)12-7/h2,9H,1,3-8H2;7-9H,1,3-5H2,2H3;2,7-9H,1,3-6H2;2,6-8H,1,3-5H2. The van der Waals surface area contributed by atoms with Gasteiger partial charge in [-0.2, -0.15) is 0 Å². The topological polar surface area (TPSA) is 165 Å². The van der Waals surface area contributed by atoms with Gasteiger partial charge >= 0.3 is 23.9 Å². The van der Waals surface area contributed by atoms with Gasteiger partial charge in [0.05, 0.1) is 63.1 Å². The molecule has 0 aromatic heterocycles. The average molecular weight is 733 g/mol. The lowest BCUT2D eigenvalue weighted by molar-refractivity contribution is -0.145. The highest BCUT2D eigenvalue weighted by atomic mass is 16.6. The number of carbonyl (C=O) groups is 4. The van der Waals surface area contributed by atoms with E-state index in [0.717, 1.165) is 77.2 Å². The number of unbranched alkanes of at least 4 members (excludes halogenated alkanes) is 1. The van der Waals surface area contributed by atoms with E-state index in [-0.39, 0.29) is 36.1 Å². The van der Waals surface area contributed by atoms with Gasteiger partial charge in [-0.15, -0.1) is 0 Å². The zero-order valence-corrected chi connectivity index (χ0v) is 30.5. The molecule has 4 saturated heterocycles. The maximum atomic E-state index is 11.2. The van der Waals surface area contributed by atoms with Gasteiger partial charge in [0, 0.05) is 43.2 Å². The Morgan fingerprint density at radius 1 is 0.635 bits per heavy atom. The van der Waals surface area contributed by atoms with Crippen molar-refractivity contribution in [3.8, 4) is 0 Å². The first-order valence-electron chi connectivity index (χ1n) is 18.5. The zero-order valence-electron chi connectivity index (χ0n) is 30.5. The summed E-state index contributed by atoms with van der Waals surface area (Å²) in [6.45, 7) is 18.4. The van der Waals surface area contributed by atoms with E-state index in [1.807, 2.05) is 0 Å². The summed E-state index contributed by atoms with van der Waals surface area (Å²) < 4.78 is 46.4. The molecule has 4 aliphatic heterocycles. The molecule has 10 unspecified atom stereocenters. The monoisotopic (exact) mass is 732 g/mol. The van der Waals surface area contributed by atoms with Crippen molar-refractivity contribution in [2.75, 3.05) is 33.0 Å². The number of carbonyl (C=O) groups excluding carboxylic acids is 4. The van der Waals surface area contributed by atoms with Crippen LogP contribution < -0.4 is 0 Å². The van der Waals surface area contributed by atoms with Crippen molar-refractivity contribution >= 4 is 23.9 Å². The number of hydrogen-bond donors (Lipinski definition) is 0. The van der Waals surface area contributed by atoms with Crippen LogP contribution >= 0.6 is 0 Å². The highest BCUT2D eigenvalue weighted by molar-refractivity contribution is 5.87. The molecule has 0 amide bonds. The van der Waals surface area contributed by atoms with Crippen LogP contribution in [-0.2, 0) is 61.8 Å². The average Bonchev–Trinajstić information content (AvgIpc) is 3.94. The lowest BCUT2D eigenvalue weighted by atomic mass is 9.90. The summed E-state index contributed by atoms with van der Waals surface area (Å²) in [7, 11) is 0. The highest BCUT2D eigenvalue weighted by Crippen LogP contribution is 2.40. The molecule has 7 rings (SSSR count). The summed E-state index contributed by atoms with van der Waals surface area (Å²) >= 11 is 0. The molecule has 4 heterocycles. The molecule has 52 heavy (non-hydrogen) atoms. The van der Waals surface area contributed by atoms with Crippen molar-refractivity contribution < 1.29 is 61.8 Å². The number of fused-ring (bicyclic) bond motifs is 3. The molecule has 0 aromatic carbocycles. The van der Waals surface area contributed by atoms with Gasteiger partial charge in [0.2, 0.25) is 0 Å². The molecule has 13 nitrogen and oxygen atoms in total. The fourth-order valence-electron chi connectivity index (χ4n) is 6.23. The van der Waals surface area contributed by atoms with Gasteiger partial charge in [-0.25, -0.2) is 19.2 Å². The quantitative estimate of drug-likeness (QED) is 0.0752. The Bertz CT molecular complexity index is 1240. The van der Waals surface area contributed by atoms with Gasteiger partial charge in [-0.3, -0.25) is 0 Å². The normalized spacial score (nSPS) is 32.0. The minimum atomic E-state index is -0.364. The molecule has 7 fully saturated rings. The van der Waals surface area contributed by atoms with Crippen LogP contribution in [0.25, 0.3) is 0 Å². The zero-order chi connectivity index (χ0) is 37.5. The summed E-state index contributed by atoms with van der Waals surface area (Å²) in [5.74, 6) is -0.785. The fraction of sp³-hybridized carbons (Fsp3) is 0.692. The Kier molecular flexibility index (Phi) is 17.0. The van der Waals surface area contributed by atoms with Gasteiger partial charge in [0.25, 0.3) is 0 Å². The fourth-order valence-corrected chi connectivity index (χ4v) is 6.23. The molecule has 13 heteroatoms. The molecule has 3 aliphatic carbocycles. The van der Waals surface area contributed by atoms with Gasteiger partial charge in [0.15, 0.2) is 0 Å². The van der Waals surface area contributed by atoms with Gasteiger partial charge in [-0.1, -0.05) is 26.3 Å². The number of rotatable bonds is 15. The first-order valence-corrected chi connectivity index (χ1v) is 18.5. The minimum Gasteiger partial charge on any atom is -0.463 e. The maximum Gasteiger partial charge on any atom is 0.333 e. The van der Waals surface area contributed by atoms with E-state index >= 15 is 0 Å². The van der Waals surface area contributed by atoms with Crippen molar-refractivity contribution in [2.45, 2.75) is 132 Å². The van der Waals surface area contributed by atoms with Crippen LogP contribution in [0.4, 0.5) is 0 Å². The summed E-state index contributed by atoms with van der Waals surface area (Å²) in [6, 6.07) is 0. The van der Waals surface area contributed by atoms with Crippen molar-refractivity contribution in [3.63, 3.8) is 0 Å². The van der Waals surface area contributed by atoms with E-state index in [2.05, 4.69) is 26.3 Å². The van der Waals surface area contributed by atoms with Crippen molar-refractivity contribution in [1.29, 1.82) is 0 Å². The van der Waals surface area contributed by atoms with Crippen LogP contribution in [0.3, 0.4) is 0 Å². The third-order valence-corrected chi connectivity index (χ3v) is 9.52. The SMILES string of the molecule is C=C(C)C(=O)OC1CCC2OC2C1.C=CC(=O)OC1CCC2OC2C1.C=CC(=O)OCC1CCC2OC2C1.C=CC(=O)OCCCCOCC1CO1. The van der Waals surface area contributed by atoms with E-state index < -0.39 is 0 Å². The Morgan fingerprint density at radius 3 is 1.67 bits per heavy atom. The summed E-state index contributed by atoms with van der Waals surface area (Å²) in [4.78, 5) is 43.4. The first-order chi connectivity index (χ1) is 25.1. The number of esters is 4. The third kappa shape index (κ3) is 16.1. The van der Waals surface area contributed by atoms with E-state index in [1.165, 1.54) is 18.2 Å². The maximum absolute atomic E-state index is 11.2. The van der Waals surface area contributed by atoms with E-state index in [4.69, 9.17) is 42.6 Å². The van der Waals surface area contributed by atoms with Gasteiger partial charge < -0.3 is 42.6 Å². The van der Waals surface area contributed by atoms with Crippen LogP contribution in [0, 0.1) is 5.92 Å². The lowest BCUT2D eigenvalue weighted by Gasteiger charge is -2.19. The Labute approximate surface area is 306 Å². The number of ether oxygens (including phenoxy) is 9. The molecule has 0 radical (unpaired) electrons. The molecule has 0 N–H and O–H groups in total. The molecule has 290 valence electrons. The third-order valence-electron chi connectivity index (χ3n) is 9.52. The highest BCUT2D eigenvalue weighted by Gasteiger charge is 2.46. The second-order valence-corrected chi connectivity index (χ2v) is 14.0. The molecule has 0 spiro atoms. The smallest absolute Gasteiger partial charge is 0.333 e. The van der Waals surface area contributed by atoms with Crippen molar-refractivity contribution in [2.24, 2.45) is 5.92 Å². The Hall–Kier alpha value is -3.36. The van der Waals surface area contributed by atoms with Crippen LogP contribution in [0.5, 0.6) is 0 Å². The van der Waals surface area contributed by atoms with E-state index in [0.29, 0.717) is 80.6 Å². The van der Waals surface area contributed by atoms with Crippen LogP contribution in [0.15, 0.2) is 50.1 Å². The van der Waals surface area contributed by atoms with Gasteiger partial charge in [0.1, 0.15) is 18.3 Å². The molecular weight excluding hydrogens is 676 g/mol. The lowest BCUT2D eigenvalue weighted by Crippen LogP contribution is -2.24. The molecule has 3 saturated carbocycles. The van der Waals surface area contributed by atoms with Crippen LogP contribution in [-0.4, -0.2) is 112 Å². The molecule has 10 atom stereocenters. The first kappa shape index (κ1) is 41.4. The van der Waals surface area contributed by atoms with Crippen molar-refractivity contribution in [1.82, 2.24) is 0 Å². The van der Waals surface area contributed by atoms with E-state index in [9.17, 15) is 19.2 Å². The molecule has 0 bridgehead atoms. The predicted octanol–water partition coefficient (Wildman–Crippen LogP) is 4.66. The second-order valence-electron chi connectivity index (χ2n) is 14.0. The summed E-state index contributed by atoms with van der Waals surface area (Å²) in [6.07, 6.45) is 17.3. The number of epoxide rings is 4. The van der Waals surface area contributed by atoms with Gasteiger partial charge in [-0.05, 0) is 70.6 Å². The predicted molar refractivity (Wildman–Crippen MR) is 188 cm³/mol. The largest absolute Gasteiger partial charge is 0.463 e. The number of hydrogen-bond acceptors (Lipinski definition) is 13. The van der Waals surface area contributed by atoms with E-state index in [1.54, 1.807) is 6.92 Å². The molecule has 7 aliphatic rings. The van der Waals surface area contributed by atoms with Crippen LogP contribution in [0.2, 0.25) is 0 Å². The second kappa shape index (κ2) is 21.4.